The van der Waals surface area contributed by atoms with Crippen LogP contribution in [0.4, 0.5) is 0 Å². The maximum absolute atomic E-state index is 11.8. The fourth-order valence-electron chi connectivity index (χ4n) is 1.93. The third kappa shape index (κ3) is 2.89. The minimum absolute atomic E-state index is 0.115. The molecule has 100 valence electrons. The van der Waals surface area contributed by atoms with Gasteiger partial charge in [0, 0.05) is 31.1 Å². The number of carbonyl (C=O) groups excluding carboxylic acids is 1. The normalized spacial score (nSPS) is 24.6. The SMILES string of the molecule is CCOC(=O)C1C(C)C(/C(N)=C/C=NC)=CN1N. The van der Waals surface area contributed by atoms with E-state index in [4.69, 9.17) is 16.3 Å². The number of carbonyl (C=O) groups is 1. The standard InChI is InChI=1S/C12H20N4O2/c1-4-18-12(17)11-8(2)9(7-16(11)14)10(13)5-6-15-3/h5-8,11H,4,13-14H2,1-3H3/b10-5-,15-6?. The molecule has 1 rings (SSSR count). The Morgan fingerprint density at radius 2 is 2.33 bits per heavy atom. The quantitative estimate of drug-likeness (QED) is 0.422. The molecule has 0 bridgehead atoms. The first-order valence-corrected chi connectivity index (χ1v) is 5.82. The zero-order valence-electron chi connectivity index (χ0n) is 11.0. The number of hydrogen-bond donors (Lipinski definition) is 2. The highest BCUT2D eigenvalue weighted by molar-refractivity contribution is 5.79. The molecule has 2 unspecified atom stereocenters. The Hall–Kier alpha value is -1.82. The molecular formula is C12H20N4O2. The fraction of sp³-hybridized carbons (Fsp3) is 0.500. The van der Waals surface area contributed by atoms with Crippen LogP contribution in [0.5, 0.6) is 0 Å². The van der Waals surface area contributed by atoms with Crippen molar-refractivity contribution in [2.45, 2.75) is 19.9 Å². The third-order valence-corrected chi connectivity index (χ3v) is 2.84. The first-order valence-electron chi connectivity index (χ1n) is 5.82. The van der Waals surface area contributed by atoms with E-state index in [0.717, 1.165) is 5.57 Å². The number of rotatable bonds is 4. The van der Waals surface area contributed by atoms with Crippen LogP contribution >= 0.6 is 0 Å². The summed E-state index contributed by atoms with van der Waals surface area (Å²) in [6.07, 6.45) is 4.95. The number of allylic oxidation sites excluding steroid dienone is 2. The van der Waals surface area contributed by atoms with Gasteiger partial charge in [-0.3, -0.25) is 4.99 Å². The van der Waals surface area contributed by atoms with Crippen LogP contribution < -0.4 is 11.6 Å². The Morgan fingerprint density at radius 1 is 1.67 bits per heavy atom. The van der Waals surface area contributed by atoms with Gasteiger partial charge in [-0.15, -0.1) is 0 Å². The number of aliphatic imine (C=N–C) groups is 1. The van der Waals surface area contributed by atoms with Crippen molar-refractivity contribution >= 4 is 12.2 Å². The lowest BCUT2D eigenvalue weighted by Gasteiger charge is -2.22. The average Bonchev–Trinajstić information content (AvgIpc) is 2.62. The number of nitrogens with two attached hydrogens (primary N) is 2. The second kappa shape index (κ2) is 6.20. The molecule has 18 heavy (non-hydrogen) atoms. The Bertz CT molecular complexity index is 401. The summed E-state index contributed by atoms with van der Waals surface area (Å²) < 4.78 is 5.00. The van der Waals surface area contributed by atoms with Crippen molar-refractivity contribution in [1.29, 1.82) is 0 Å². The van der Waals surface area contributed by atoms with Crippen LogP contribution in [0, 0.1) is 5.92 Å². The van der Waals surface area contributed by atoms with Gasteiger partial charge in [0.25, 0.3) is 0 Å². The lowest BCUT2D eigenvalue weighted by molar-refractivity contribution is -0.149. The molecule has 0 spiro atoms. The molecule has 0 aromatic carbocycles. The summed E-state index contributed by atoms with van der Waals surface area (Å²) in [5.41, 5.74) is 7.29. The van der Waals surface area contributed by atoms with E-state index in [1.807, 2.05) is 6.92 Å². The van der Waals surface area contributed by atoms with E-state index in [2.05, 4.69) is 4.99 Å². The molecular weight excluding hydrogens is 232 g/mol. The summed E-state index contributed by atoms with van der Waals surface area (Å²) in [5, 5.41) is 1.35. The van der Waals surface area contributed by atoms with E-state index in [0.29, 0.717) is 12.3 Å². The van der Waals surface area contributed by atoms with Gasteiger partial charge < -0.3 is 15.5 Å². The molecule has 0 saturated carbocycles. The van der Waals surface area contributed by atoms with Gasteiger partial charge >= 0.3 is 5.97 Å². The summed E-state index contributed by atoms with van der Waals surface area (Å²) >= 11 is 0. The smallest absolute Gasteiger partial charge is 0.330 e. The van der Waals surface area contributed by atoms with E-state index < -0.39 is 6.04 Å². The minimum atomic E-state index is -0.523. The Kier molecular flexibility index (Phi) is 4.91. The van der Waals surface area contributed by atoms with Gasteiger partial charge in [-0.25, -0.2) is 10.6 Å². The number of ether oxygens (including phenoxy) is 1. The molecule has 0 aromatic heterocycles. The maximum atomic E-state index is 11.8. The molecule has 0 radical (unpaired) electrons. The molecule has 6 nitrogen and oxygen atoms in total. The second-order valence-electron chi connectivity index (χ2n) is 4.05. The number of hydrogen-bond acceptors (Lipinski definition) is 6. The predicted molar refractivity (Wildman–Crippen MR) is 70.4 cm³/mol. The van der Waals surface area contributed by atoms with E-state index in [-0.39, 0.29) is 11.9 Å². The number of esters is 1. The van der Waals surface area contributed by atoms with Crippen LogP contribution in [0.2, 0.25) is 0 Å². The minimum Gasteiger partial charge on any atom is -0.464 e. The van der Waals surface area contributed by atoms with Gasteiger partial charge in [0.1, 0.15) is 6.04 Å². The number of hydrazine groups is 1. The van der Waals surface area contributed by atoms with Crippen LogP contribution in [0.25, 0.3) is 0 Å². The van der Waals surface area contributed by atoms with E-state index in [9.17, 15) is 4.79 Å². The summed E-state index contributed by atoms with van der Waals surface area (Å²) in [5.74, 6) is 5.34. The molecule has 1 aliphatic heterocycles. The molecule has 0 aliphatic carbocycles. The maximum Gasteiger partial charge on any atom is 0.330 e. The van der Waals surface area contributed by atoms with E-state index >= 15 is 0 Å². The lowest BCUT2D eigenvalue weighted by atomic mass is 9.95. The highest BCUT2D eigenvalue weighted by atomic mass is 16.5. The lowest BCUT2D eigenvalue weighted by Crippen LogP contribution is -2.43. The highest BCUT2D eigenvalue weighted by Gasteiger charge is 2.38. The summed E-state index contributed by atoms with van der Waals surface area (Å²) in [4.78, 5) is 15.6. The molecule has 0 aromatic rings. The van der Waals surface area contributed by atoms with E-state index in [1.165, 1.54) is 5.01 Å². The molecule has 2 atom stereocenters. The molecule has 6 heteroatoms. The molecule has 0 saturated heterocycles. The molecule has 4 N–H and O–H groups in total. The van der Waals surface area contributed by atoms with Crippen LogP contribution in [0.1, 0.15) is 13.8 Å². The topological polar surface area (TPSA) is 93.9 Å². The molecule has 0 fully saturated rings. The molecule has 0 amide bonds. The van der Waals surface area contributed by atoms with Crippen molar-refractivity contribution in [2.24, 2.45) is 22.5 Å². The van der Waals surface area contributed by atoms with Crippen LogP contribution in [0.3, 0.4) is 0 Å². The van der Waals surface area contributed by atoms with E-state index in [1.54, 1.807) is 32.5 Å². The van der Waals surface area contributed by atoms with Gasteiger partial charge in [-0.2, -0.15) is 0 Å². The first-order chi connectivity index (χ1) is 8.52. The van der Waals surface area contributed by atoms with Gasteiger partial charge in [-0.05, 0) is 18.6 Å². The zero-order chi connectivity index (χ0) is 13.7. The average molecular weight is 252 g/mol. The van der Waals surface area contributed by atoms with Crippen LogP contribution in [0.15, 0.2) is 28.5 Å². The van der Waals surface area contributed by atoms with Crippen molar-refractivity contribution in [3.05, 3.63) is 23.5 Å². The molecule has 1 aliphatic rings. The molecule has 1 heterocycles. The van der Waals surface area contributed by atoms with Crippen LogP contribution in [-0.4, -0.2) is 36.9 Å². The van der Waals surface area contributed by atoms with Crippen molar-refractivity contribution in [3.63, 3.8) is 0 Å². The van der Waals surface area contributed by atoms with Crippen molar-refractivity contribution in [3.8, 4) is 0 Å². The van der Waals surface area contributed by atoms with Crippen molar-refractivity contribution in [2.75, 3.05) is 13.7 Å². The summed E-state index contributed by atoms with van der Waals surface area (Å²) in [6, 6.07) is -0.523. The second-order valence-corrected chi connectivity index (χ2v) is 4.05. The Labute approximate surface area is 107 Å². The first kappa shape index (κ1) is 14.2. The monoisotopic (exact) mass is 252 g/mol. The Balaban J connectivity index is 2.87. The fourth-order valence-corrected chi connectivity index (χ4v) is 1.93. The predicted octanol–water partition coefficient (Wildman–Crippen LogP) is 0.171. The van der Waals surface area contributed by atoms with Gasteiger partial charge in [-0.1, -0.05) is 6.92 Å². The van der Waals surface area contributed by atoms with Crippen molar-refractivity contribution < 1.29 is 9.53 Å². The van der Waals surface area contributed by atoms with Gasteiger partial charge in [0.2, 0.25) is 0 Å². The van der Waals surface area contributed by atoms with Crippen LogP contribution in [-0.2, 0) is 9.53 Å². The van der Waals surface area contributed by atoms with Gasteiger partial charge in [0.15, 0.2) is 0 Å². The summed E-state index contributed by atoms with van der Waals surface area (Å²) in [7, 11) is 1.66. The highest BCUT2D eigenvalue weighted by Crippen LogP contribution is 2.29. The largest absolute Gasteiger partial charge is 0.464 e. The van der Waals surface area contributed by atoms with Gasteiger partial charge in [0.05, 0.1) is 6.61 Å². The summed E-state index contributed by atoms with van der Waals surface area (Å²) in [6.45, 7) is 3.99. The zero-order valence-corrected chi connectivity index (χ0v) is 11.0. The Morgan fingerprint density at radius 3 is 2.89 bits per heavy atom. The number of nitrogens with zero attached hydrogens (tertiary/aromatic N) is 2. The van der Waals surface area contributed by atoms with Crippen molar-refractivity contribution in [1.82, 2.24) is 5.01 Å². The third-order valence-electron chi connectivity index (χ3n) is 2.84.